The number of hydrogen-bond acceptors (Lipinski definition) is 2. The molecule has 0 spiro atoms. The number of alkyl halides is 3. The molecule has 1 amide bonds. The van der Waals surface area contributed by atoms with Gasteiger partial charge in [-0.3, -0.25) is 4.79 Å². The van der Waals surface area contributed by atoms with Crippen LogP contribution in [0.4, 0.5) is 18.9 Å². The van der Waals surface area contributed by atoms with E-state index in [1.165, 1.54) is 12.1 Å². The second kappa shape index (κ2) is 5.86. The van der Waals surface area contributed by atoms with Gasteiger partial charge in [-0.1, -0.05) is 13.3 Å². The molecular formula is C12H15F3N2O. The monoisotopic (exact) mass is 260 g/mol. The number of carbonyl (C=O) groups is 1. The number of amides is 1. The fourth-order valence-corrected chi connectivity index (χ4v) is 1.42. The third kappa shape index (κ3) is 4.03. The molecule has 100 valence electrons. The van der Waals surface area contributed by atoms with Crippen LogP contribution in [0.1, 0.15) is 25.3 Å². The van der Waals surface area contributed by atoms with Gasteiger partial charge in [0.2, 0.25) is 5.91 Å². The van der Waals surface area contributed by atoms with Crippen LogP contribution in [-0.4, -0.2) is 11.9 Å². The summed E-state index contributed by atoms with van der Waals surface area (Å²) in [7, 11) is 0. The summed E-state index contributed by atoms with van der Waals surface area (Å²) >= 11 is 0. The SMILES string of the molecule is CCCC(N)C(=O)Nc1ccc(C(F)(F)F)cc1. The van der Waals surface area contributed by atoms with Crippen LogP contribution >= 0.6 is 0 Å². The number of nitrogens with two attached hydrogens (primary N) is 1. The van der Waals surface area contributed by atoms with Crippen LogP contribution in [0.2, 0.25) is 0 Å². The highest BCUT2D eigenvalue weighted by Crippen LogP contribution is 2.29. The third-order valence-corrected chi connectivity index (χ3v) is 2.42. The van der Waals surface area contributed by atoms with E-state index in [9.17, 15) is 18.0 Å². The smallest absolute Gasteiger partial charge is 0.325 e. The molecule has 6 heteroatoms. The number of carbonyl (C=O) groups excluding carboxylic acids is 1. The molecule has 0 radical (unpaired) electrons. The van der Waals surface area contributed by atoms with E-state index >= 15 is 0 Å². The van der Waals surface area contributed by atoms with Gasteiger partial charge < -0.3 is 11.1 Å². The predicted molar refractivity (Wildman–Crippen MR) is 63.0 cm³/mol. The molecule has 0 aliphatic rings. The number of anilines is 1. The van der Waals surface area contributed by atoms with Crippen molar-refractivity contribution in [1.29, 1.82) is 0 Å². The zero-order chi connectivity index (χ0) is 13.8. The van der Waals surface area contributed by atoms with Crippen molar-refractivity contribution in [3.63, 3.8) is 0 Å². The van der Waals surface area contributed by atoms with Crippen molar-refractivity contribution in [3.8, 4) is 0 Å². The van der Waals surface area contributed by atoms with Gasteiger partial charge >= 0.3 is 6.18 Å². The van der Waals surface area contributed by atoms with Gasteiger partial charge in [-0.2, -0.15) is 13.2 Å². The Hall–Kier alpha value is -1.56. The molecule has 0 aliphatic carbocycles. The van der Waals surface area contributed by atoms with Gasteiger partial charge in [0, 0.05) is 5.69 Å². The van der Waals surface area contributed by atoms with E-state index in [-0.39, 0.29) is 0 Å². The number of halogens is 3. The minimum absolute atomic E-state index is 0.305. The molecule has 3 N–H and O–H groups in total. The van der Waals surface area contributed by atoms with Crippen molar-refractivity contribution >= 4 is 11.6 Å². The molecular weight excluding hydrogens is 245 g/mol. The zero-order valence-electron chi connectivity index (χ0n) is 9.92. The van der Waals surface area contributed by atoms with Crippen molar-refractivity contribution in [3.05, 3.63) is 29.8 Å². The lowest BCUT2D eigenvalue weighted by atomic mass is 10.1. The van der Waals surface area contributed by atoms with E-state index in [4.69, 9.17) is 5.73 Å². The van der Waals surface area contributed by atoms with Crippen molar-refractivity contribution in [1.82, 2.24) is 0 Å². The summed E-state index contributed by atoms with van der Waals surface area (Å²) in [4.78, 5) is 11.5. The lowest BCUT2D eigenvalue weighted by molar-refractivity contribution is -0.137. The van der Waals surface area contributed by atoms with Gasteiger partial charge in [0.25, 0.3) is 0 Å². The van der Waals surface area contributed by atoms with E-state index in [0.717, 1.165) is 18.6 Å². The lowest BCUT2D eigenvalue weighted by Crippen LogP contribution is -2.35. The van der Waals surface area contributed by atoms with E-state index in [0.29, 0.717) is 12.1 Å². The maximum atomic E-state index is 12.3. The molecule has 1 aromatic rings. The molecule has 0 fully saturated rings. The van der Waals surface area contributed by atoms with Gasteiger partial charge in [-0.05, 0) is 30.7 Å². The normalized spacial score (nSPS) is 13.2. The van der Waals surface area contributed by atoms with E-state index in [2.05, 4.69) is 5.32 Å². The number of benzene rings is 1. The minimum atomic E-state index is -4.37. The Kier molecular flexibility index (Phi) is 4.72. The van der Waals surface area contributed by atoms with Crippen LogP contribution in [0.15, 0.2) is 24.3 Å². The molecule has 0 saturated carbocycles. The van der Waals surface area contributed by atoms with Crippen LogP contribution in [0.25, 0.3) is 0 Å². The molecule has 3 nitrogen and oxygen atoms in total. The van der Waals surface area contributed by atoms with Gasteiger partial charge in [-0.15, -0.1) is 0 Å². The highest BCUT2D eigenvalue weighted by molar-refractivity contribution is 5.94. The van der Waals surface area contributed by atoms with Crippen molar-refractivity contribution in [2.45, 2.75) is 32.0 Å². The maximum Gasteiger partial charge on any atom is 0.416 e. The molecule has 1 atom stereocenters. The Morgan fingerprint density at radius 3 is 2.33 bits per heavy atom. The average molecular weight is 260 g/mol. The first kappa shape index (κ1) is 14.5. The topological polar surface area (TPSA) is 55.1 Å². The average Bonchev–Trinajstić information content (AvgIpc) is 2.28. The fourth-order valence-electron chi connectivity index (χ4n) is 1.42. The molecule has 0 saturated heterocycles. The molecule has 1 aromatic carbocycles. The predicted octanol–water partition coefficient (Wildman–Crippen LogP) is 2.77. The van der Waals surface area contributed by atoms with Crippen molar-refractivity contribution in [2.75, 3.05) is 5.32 Å². The first-order valence-corrected chi connectivity index (χ1v) is 5.58. The van der Waals surface area contributed by atoms with Crippen molar-refractivity contribution in [2.24, 2.45) is 5.73 Å². The third-order valence-electron chi connectivity index (χ3n) is 2.42. The molecule has 0 heterocycles. The highest BCUT2D eigenvalue weighted by Gasteiger charge is 2.30. The van der Waals surface area contributed by atoms with E-state index in [1.54, 1.807) is 0 Å². The van der Waals surface area contributed by atoms with Gasteiger partial charge in [0.05, 0.1) is 11.6 Å². The second-order valence-corrected chi connectivity index (χ2v) is 3.96. The van der Waals surface area contributed by atoms with E-state index < -0.39 is 23.7 Å². The molecule has 0 aromatic heterocycles. The van der Waals surface area contributed by atoms with Gasteiger partial charge in [0.1, 0.15) is 0 Å². The quantitative estimate of drug-likeness (QED) is 0.874. The Morgan fingerprint density at radius 2 is 1.89 bits per heavy atom. The number of hydrogen-bond donors (Lipinski definition) is 2. The first-order chi connectivity index (χ1) is 8.34. The van der Waals surface area contributed by atoms with Crippen LogP contribution in [0.5, 0.6) is 0 Å². The summed E-state index contributed by atoms with van der Waals surface area (Å²) in [6.07, 6.45) is -3.07. The Morgan fingerprint density at radius 1 is 1.33 bits per heavy atom. The lowest BCUT2D eigenvalue weighted by Gasteiger charge is -2.12. The fraction of sp³-hybridized carbons (Fsp3) is 0.417. The first-order valence-electron chi connectivity index (χ1n) is 5.58. The zero-order valence-corrected chi connectivity index (χ0v) is 9.92. The van der Waals surface area contributed by atoms with Crippen LogP contribution in [0, 0.1) is 0 Å². The summed E-state index contributed by atoms with van der Waals surface area (Å²) in [6.45, 7) is 1.89. The van der Waals surface area contributed by atoms with Gasteiger partial charge in [-0.25, -0.2) is 0 Å². The van der Waals surface area contributed by atoms with Crippen LogP contribution in [0.3, 0.4) is 0 Å². The second-order valence-electron chi connectivity index (χ2n) is 3.96. The minimum Gasteiger partial charge on any atom is -0.325 e. The Bertz CT molecular complexity index is 401. The molecule has 1 rings (SSSR count). The van der Waals surface area contributed by atoms with Crippen LogP contribution < -0.4 is 11.1 Å². The highest BCUT2D eigenvalue weighted by atomic mass is 19.4. The standard InChI is InChI=1S/C12H15F3N2O/c1-2-3-10(16)11(18)17-9-6-4-8(5-7-9)12(13,14)15/h4-7,10H,2-3,16H2,1H3,(H,17,18). The van der Waals surface area contributed by atoms with Crippen LogP contribution in [-0.2, 0) is 11.0 Å². The molecule has 0 bridgehead atoms. The summed E-state index contributed by atoms with van der Waals surface area (Å²) in [5.74, 6) is -0.392. The largest absolute Gasteiger partial charge is 0.416 e. The number of rotatable bonds is 4. The summed E-state index contributed by atoms with van der Waals surface area (Å²) in [6, 6.07) is 3.61. The molecule has 1 unspecified atom stereocenters. The molecule has 0 aliphatic heterocycles. The van der Waals surface area contributed by atoms with Crippen molar-refractivity contribution < 1.29 is 18.0 Å². The Balaban J connectivity index is 2.67. The summed E-state index contributed by atoms with van der Waals surface area (Å²) < 4.78 is 36.9. The van der Waals surface area contributed by atoms with Gasteiger partial charge in [0.15, 0.2) is 0 Å². The summed E-state index contributed by atoms with van der Waals surface area (Å²) in [5, 5.41) is 2.47. The maximum absolute atomic E-state index is 12.3. The molecule has 18 heavy (non-hydrogen) atoms. The Labute approximate surface area is 103 Å². The summed E-state index contributed by atoms with van der Waals surface area (Å²) in [5.41, 5.74) is 5.14. The van der Waals surface area contributed by atoms with E-state index in [1.807, 2.05) is 6.92 Å². The number of nitrogens with one attached hydrogen (secondary N) is 1.